The first kappa shape index (κ1) is 9.56. The van der Waals surface area contributed by atoms with Crippen LogP contribution in [0.15, 0.2) is 12.5 Å². The Bertz CT molecular complexity index is 289. The molecule has 0 spiro atoms. The molecule has 1 aromatic heterocycles. The van der Waals surface area contributed by atoms with Gasteiger partial charge in [-0.1, -0.05) is 0 Å². The van der Waals surface area contributed by atoms with Crippen molar-refractivity contribution in [2.24, 2.45) is 0 Å². The lowest BCUT2D eigenvalue weighted by Crippen LogP contribution is -2.20. The van der Waals surface area contributed by atoms with E-state index in [1.165, 1.54) is 6.20 Å². The molecule has 1 aromatic rings. The Morgan fingerprint density at radius 1 is 1.46 bits per heavy atom. The van der Waals surface area contributed by atoms with E-state index in [-0.39, 0.29) is 11.6 Å². The molecule has 0 saturated heterocycles. The summed E-state index contributed by atoms with van der Waals surface area (Å²) < 4.78 is 39.3. The third-order valence-electron chi connectivity index (χ3n) is 1.07. The minimum atomic E-state index is -4.39. The zero-order valence-electron chi connectivity index (χ0n) is 6.38. The zero-order chi connectivity index (χ0) is 9.90. The highest BCUT2D eigenvalue weighted by Crippen LogP contribution is 2.19. The molecule has 0 fully saturated rings. The minimum Gasteiger partial charge on any atom is -0.466 e. The Morgan fingerprint density at radius 3 is 2.69 bits per heavy atom. The molecule has 13 heavy (non-hydrogen) atoms. The molecule has 0 aliphatic carbocycles. The number of aromatic nitrogens is 2. The van der Waals surface area contributed by atoms with Gasteiger partial charge in [0.15, 0.2) is 6.61 Å². The molecule has 0 amide bonds. The summed E-state index contributed by atoms with van der Waals surface area (Å²) in [6.45, 7) is -1.41. The van der Waals surface area contributed by atoms with Gasteiger partial charge in [-0.2, -0.15) is 13.2 Å². The molecule has 0 aromatic carbocycles. The first-order valence-corrected chi connectivity index (χ1v) is 3.24. The van der Waals surface area contributed by atoms with E-state index in [1.54, 1.807) is 0 Å². The van der Waals surface area contributed by atoms with Crippen LogP contribution in [0.1, 0.15) is 0 Å². The smallest absolute Gasteiger partial charge is 0.422 e. The first-order valence-electron chi connectivity index (χ1n) is 3.24. The van der Waals surface area contributed by atoms with Crippen molar-refractivity contribution in [3.63, 3.8) is 0 Å². The molecule has 0 atom stereocenters. The van der Waals surface area contributed by atoms with Gasteiger partial charge in [-0.05, 0) is 0 Å². The van der Waals surface area contributed by atoms with E-state index in [4.69, 9.17) is 5.73 Å². The number of hydrogen-bond donors (Lipinski definition) is 1. The number of nitrogens with two attached hydrogens (primary N) is 1. The Labute approximate surface area is 71.6 Å². The Kier molecular flexibility index (Phi) is 2.54. The molecule has 1 heterocycles. The van der Waals surface area contributed by atoms with Gasteiger partial charge < -0.3 is 10.5 Å². The molecule has 7 heteroatoms. The summed E-state index contributed by atoms with van der Waals surface area (Å²) in [7, 11) is 0. The molecule has 0 unspecified atom stereocenters. The lowest BCUT2D eigenvalue weighted by atomic mass is 10.5. The number of halogens is 3. The molecule has 1 rings (SSSR count). The molecule has 0 radical (unpaired) electrons. The number of nitrogens with zero attached hydrogens (tertiary/aromatic N) is 2. The number of rotatable bonds is 2. The van der Waals surface area contributed by atoms with Crippen LogP contribution in [-0.2, 0) is 0 Å². The molecule has 0 bridgehead atoms. The van der Waals surface area contributed by atoms with Crippen LogP contribution in [0.2, 0.25) is 0 Å². The summed E-state index contributed by atoms with van der Waals surface area (Å²) in [4.78, 5) is 6.91. The van der Waals surface area contributed by atoms with Gasteiger partial charge in [-0.3, -0.25) is 0 Å². The number of ether oxygens (including phenoxy) is 1. The standard InChI is InChI=1S/C6H6F3N3O/c7-6(8,9)2-13-5-4(10)1-11-3-12-5/h1,3H,2,10H2. The predicted molar refractivity (Wildman–Crippen MR) is 38.0 cm³/mol. The van der Waals surface area contributed by atoms with E-state index < -0.39 is 12.8 Å². The molecule has 0 aliphatic heterocycles. The lowest BCUT2D eigenvalue weighted by molar-refractivity contribution is -0.153. The van der Waals surface area contributed by atoms with Crippen molar-refractivity contribution in [3.8, 4) is 5.88 Å². The van der Waals surface area contributed by atoms with Crippen molar-refractivity contribution in [1.29, 1.82) is 0 Å². The van der Waals surface area contributed by atoms with E-state index in [0.29, 0.717) is 0 Å². The van der Waals surface area contributed by atoms with Crippen LogP contribution >= 0.6 is 0 Å². The predicted octanol–water partition coefficient (Wildman–Crippen LogP) is 1.000. The van der Waals surface area contributed by atoms with Crippen LogP contribution in [-0.4, -0.2) is 22.8 Å². The second-order valence-electron chi connectivity index (χ2n) is 2.19. The minimum absolute atomic E-state index is 0.0215. The molecule has 2 N–H and O–H groups in total. The number of alkyl halides is 3. The van der Waals surface area contributed by atoms with Crippen LogP contribution in [0.4, 0.5) is 18.9 Å². The van der Waals surface area contributed by atoms with Crippen LogP contribution in [0.5, 0.6) is 5.88 Å². The van der Waals surface area contributed by atoms with Crippen molar-refractivity contribution >= 4 is 5.69 Å². The summed E-state index contributed by atoms with van der Waals surface area (Å²) >= 11 is 0. The van der Waals surface area contributed by atoms with Crippen molar-refractivity contribution in [2.75, 3.05) is 12.3 Å². The Hall–Kier alpha value is -1.53. The number of nitrogen functional groups attached to an aromatic ring is 1. The second-order valence-corrected chi connectivity index (χ2v) is 2.19. The van der Waals surface area contributed by atoms with E-state index in [9.17, 15) is 13.2 Å². The summed E-state index contributed by atoms with van der Waals surface area (Å²) in [5, 5.41) is 0. The third kappa shape index (κ3) is 3.14. The van der Waals surface area contributed by atoms with Gasteiger partial charge in [0.2, 0.25) is 5.88 Å². The lowest BCUT2D eigenvalue weighted by Gasteiger charge is -2.08. The molecule has 4 nitrogen and oxygen atoms in total. The van der Waals surface area contributed by atoms with Gasteiger partial charge in [0, 0.05) is 0 Å². The van der Waals surface area contributed by atoms with Gasteiger partial charge in [-0.25, -0.2) is 9.97 Å². The summed E-state index contributed by atoms with van der Waals surface area (Å²) in [6, 6.07) is 0. The maximum absolute atomic E-state index is 11.7. The maximum Gasteiger partial charge on any atom is 0.422 e. The largest absolute Gasteiger partial charge is 0.466 e. The van der Waals surface area contributed by atoms with Gasteiger partial charge in [0.25, 0.3) is 0 Å². The van der Waals surface area contributed by atoms with Crippen molar-refractivity contribution in [3.05, 3.63) is 12.5 Å². The molecule has 0 saturated carbocycles. The third-order valence-corrected chi connectivity index (χ3v) is 1.07. The van der Waals surface area contributed by atoms with Crippen molar-refractivity contribution in [2.45, 2.75) is 6.18 Å². The highest BCUT2D eigenvalue weighted by Gasteiger charge is 2.28. The van der Waals surface area contributed by atoms with Crippen LogP contribution in [0, 0.1) is 0 Å². The number of hydrogen-bond acceptors (Lipinski definition) is 4. The first-order chi connectivity index (χ1) is 5.99. The Morgan fingerprint density at radius 2 is 2.15 bits per heavy atom. The molecular weight excluding hydrogens is 187 g/mol. The van der Waals surface area contributed by atoms with Gasteiger partial charge >= 0.3 is 6.18 Å². The monoisotopic (exact) mass is 193 g/mol. The van der Waals surface area contributed by atoms with Gasteiger partial charge in [0.1, 0.15) is 12.0 Å². The van der Waals surface area contributed by atoms with Crippen LogP contribution in [0.3, 0.4) is 0 Å². The van der Waals surface area contributed by atoms with Gasteiger partial charge in [-0.15, -0.1) is 0 Å². The van der Waals surface area contributed by atoms with Crippen LogP contribution < -0.4 is 10.5 Å². The highest BCUT2D eigenvalue weighted by atomic mass is 19.4. The normalized spacial score (nSPS) is 11.3. The zero-order valence-corrected chi connectivity index (χ0v) is 6.38. The van der Waals surface area contributed by atoms with E-state index >= 15 is 0 Å². The van der Waals surface area contributed by atoms with E-state index in [0.717, 1.165) is 6.33 Å². The topological polar surface area (TPSA) is 61.0 Å². The molecule has 72 valence electrons. The fourth-order valence-corrected chi connectivity index (χ4v) is 0.600. The Balaban J connectivity index is 2.60. The molecular formula is C6H6F3N3O. The second kappa shape index (κ2) is 3.46. The number of anilines is 1. The summed E-state index contributed by atoms with van der Waals surface area (Å²) in [5.74, 6) is -0.257. The van der Waals surface area contributed by atoms with Crippen LogP contribution in [0.25, 0.3) is 0 Å². The van der Waals surface area contributed by atoms with Gasteiger partial charge in [0.05, 0.1) is 6.20 Å². The average Bonchev–Trinajstić information content (AvgIpc) is 2.01. The van der Waals surface area contributed by atoms with Crippen molar-refractivity contribution < 1.29 is 17.9 Å². The van der Waals surface area contributed by atoms with Crippen molar-refractivity contribution in [1.82, 2.24) is 9.97 Å². The SMILES string of the molecule is Nc1cncnc1OCC(F)(F)F. The summed E-state index contributed by atoms with van der Waals surface area (Å²) in [5.41, 5.74) is 5.21. The highest BCUT2D eigenvalue weighted by molar-refractivity contribution is 5.44. The quantitative estimate of drug-likeness (QED) is 0.761. The fourth-order valence-electron chi connectivity index (χ4n) is 0.600. The summed E-state index contributed by atoms with van der Waals surface area (Å²) in [6.07, 6.45) is -2.17. The average molecular weight is 193 g/mol. The maximum atomic E-state index is 11.7. The van der Waals surface area contributed by atoms with E-state index in [2.05, 4.69) is 14.7 Å². The fraction of sp³-hybridized carbons (Fsp3) is 0.333. The van der Waals surface area contributed by atoms with E-state index in [1.807, 2.05) is 0 Å². The molecule has 0 aliphatic rings.